The summed E-state index contributed by atoms with van der Waals surface area (Å²) in [6.07, 6.45) is 0.224. The highest BCUT2D eigenvalue weighted by Crippen LogP contribution is 2.05. The van der Waals surface area contributed by atoms with Gasteiger partial charge in [0, 0.05) is 31.3 Å². The number of nitrogens with one attached hydrogen (secondary N) is 2. The first-order valence-corrected chi connectivity index (χ1v) is 12.4. The van der Waals surface area contributed by atoms with Gasteiger partial charge in [-0.05, 0) is 6.42 Å². The summed E-state index contributed by atoms with van der Waals surface area (Å²) in [5.74, 6) is -1.77. The largest absolute Gasteiger partial charge is 0.480 e. The minimum Gasteiger partial charge on any atom is -0.480 e. The van der Waals surface area contributed by atoms with Crippen molar-refractivity contribution in [2.45, 2.75) is 59.0 Å². The third-order valence-electron chi connectivity index (χ3n) is 4.72. The molecule has 1 atom stereocenters. The highest BCUT2D eigenvalue weighted by molar-refractivity contribution is 5.85. The lowest BCUT2D eigenvalue weighted by Crippen LogP contribution is -2.41. The molecule has 35 heavy (non-hydrogen) atoms. The smallest absolute Gasteiger partial charge is 0.326 e. The summed E-state index contributed by atoms with van der Waals surface area (Å²) in [7, 11) is 0. The van der Waals surface area contributed by atoms with Crippen LogP contribution in [0.1, 0.15) is 47.0 Å². The second kappa shape index (κ2) is 22.8. The Bertz CT molecular complexity index is 559. The number of ether oxygens (including phenoxy) is 5. The van der Waals surface area contributed by atoms with Gasteiger partial charge in [0.25, 0.3) is 0 Å². The number of hydrogen-bond acceptors (Lipinski definition) is 9. The first kappa shape index (κ1) is 33.4. The molecule has 3 N–H and O–H groups in total. The molecule has 0 aromatic carbocycles. The fourth-order valence-electron chi connectivity index (χ4n) is 2.67. The van der Waals surface area contributed by atoms with E-state index >= 15 is 0 Å². The zero-order valence-corrected chi connectivity index (χ0v) is 21.8. The van der Waals surface area contributed by atoms with Gasteiger partial charge in [-0.1, -0.05) is 27.7 Å². The van der Waals surface area contributed by atoms with Crippen molar-refractivity contribution in [1.82, 2.24) is 10.6 Å². The number of carbonyl (C=O) groups is 3. The van der Waals surface area contributed by atoms with Crippen LogP contribution in [0.25, 0.3) is 0 Å². The molecule has 0 heterocycles. The fourth-order valence-corrected chi connectivity index (χ4v) is 2.67. The Kier molecular flexibility index (Phi) is 21.7. The Morgan fingerprint density at radius 2 is 1.14 bits per heavy atom. The molecule has 1 amide bonds. The average molecular weight is 507 g/mol. The molecule has 1 unspecified atom stereocenters. The Morgan fingerprint density at radius 3 is 1.57 bits per heavy atom. The molecule has 0 aliphatic heterocycles. The number of ketones is 1. The molecule has 0 bridgehead atoms. The Morgan fingerprint density at radius 1 is 0.686 bits per heavy atom. The van der Waals surface area contributed by atoms with Gasteiger partial charge in [0.15, 0.2) is 0 Å². The molecule has 0 saturated carbocycles. The minimum absolute atomic E-state index is 0.0287. The zero-order chi connectivity index (χ0) is 26.3. The van der Waals surface area contributed by atoms with E-state index in [1.807, 2.05) is 0 Å². The van der Waals surface area contributed by atoms with Crippen LogP contribution in [0.15, 0.2) is 0 Å². The molecule has 0 fully saturated rings. The summed E-state index contributed by atoms with van der Waals surface area (Å²) >= 11 is 0. The van der Waals surface area contributed by atoms with Crippen molar-refractivity contribution in [3.8, 4) is 0 Å². The van der Waals surface area contributed by atoms with Crippen LogP contribution in [0.5, 0.6) is 0 Å². The predicted molar refractivity (Wildman–Crippen MR) is 130 cm³/mol. The summed E-state index contributed by atoms with van der Waals surface area (Å²) in [4.78, 5) is 34.8. The maximum Gasteiger partial charge on any atom is 0.326 e. The topological polar surface area (TPSA) is 142 Å². The van der Waals surface area contributed by atoms with Gasteiger partial charge in [-0.3, -0.25) is 9.59 Å². The van der Waals surface area contributed by atoms with Gasteiger partial charge in [0.05, 0.1) is 66.1 Å². The molecule has 0 aromatic rings. The van der Waals surface area contributed by atoms with Crippen LogP contribution in [-0.2, 0) is 38.1 Å². The fraction of sp³-hybridized carbons (Fsp3) is 0.875. The van der Waals surface area contributed by atoms with E-state index in [1.165, 1.54) is 0 Å². The summed E-state index contributed by atoms with van der Waals surface area (Å²) in [5, 5.41) is 14.9. The van der Waals surface area contributed by atoms with E-state index in [2.05, 4.69) is 24.5 Å². The summed E-state index contributed by atoms with van der Waals surface area (Å²) in [6.45, 7) is 13.0. The minimum atomic E-state index is -1.16. The molecule has 0 spiro atoms. The number of amides is 1. The van der Waals surface area contributed by atoms with Gasteiger partial charge >= 0.3 is 5.97 Å². The first-order valence-electron chi connectivity index (χ1n) is 12.4. The van der Waals surface area contributed by atoms with Crippen molar-refractivity contribution >= 4 is 17.7 Å². The number of carboxylic acid groups (broad SMARTS) is 1. The Balaban J connectivity index is 3.48. The normalized spacial score (nSPS) is 12.3. The number of Topliss-reactive ketones (excluding diaryl/α,β-unsaturated/α-hetero) is 1. The molecule has 0 rings (SSSR count). The molecule has 0 aliphatic carbocycles. The predicted octanol–water partition coefficient (Wildman–Crippen LogP) is 1.03. The van der Waals surface area contributed by atoms with E-state index in [-0.39, 0.29) is 37.6 Å². The lowest BCUT2D eigenvalue weighted by atomic mass is 10.0. The maximum atomic E-state index is 11.9. The van der Waals surface area contributed by atoms with Crippen molar-refractivity contribution < 1.29 is 43.2 Å². The molecular weight excluding hydrogens is 460 g/mol. The average Bonchev–Trinajstić information content (AvgIpc) is 2.80. The maximum absolute atomic E-state index is 11.9. The molecule has 0 saturated heterocycles. The van der Waals surface area contributed by atoms with Crippen LogP contribution >= 0.6 is 0 Å². The second-order valence-corrected chi connectivity index (χ2v) is 8.54. The van der Waals surface area contributed by atoms with Crippen LogP contribution in [0.3, 0.4) is 0 Å². The molecule has 11 heteroatoms. The van der Waals surface area contributed by atoms with E-state index in [1.54, 1.807) is 13.8 Å². The third-order valence-corrected chi connectivity index (χ3v) is 4.72. The van der Waals surface area contributed by atoms with E-state index in [0.29, 0.717) is 65.5 Å². The highest BCUT2D eigenvalue weighted by atomic mass is 16.6. The van der Waals surface area contributed by atoms with Crippen molar-refractivity contribution in [1.29, 1.82) is 0 Å². The van der Waals surface area contributed by atoms with Crippen molar-refractivity contribution in [2.75, 3.05) is 72.6 Å². The third kappa shape index (κ3) is 22.6. The highest BCUT2D eigenvalue weighted by Gasteiger charge is 2.21. The number of hydrogen-bond donors (Lipinski definition) is 3. The number of carbonyl (C=O) groups excluding carboxylic acids is 2. The monoisotopic (exact) mass is 506 g/mol. The number of rotatable bonds is 25. The Hall–Kier alpha value is -1.63. The molecule has 0 radical (unpaired) electrons. The van der Waals surface area contributed by atoms with Crippen LogP contribution in [-0.4, -0.2) is 107 Å². The SMILES string of the molecule is CC(C)NCCOCCOCCOCCOCCOCCC(=O)NC(CCC(=O)C(C)C)C(=O)O. The summed E-state index contributed by atoms with van der Waals surface area (Å²) in [5.41, 5.74) is 0. The zero-order valence-electron chi connectivity index (χ0n) is 21.8. The van der Waals surface area contributed by atoms with E-state index in [4.69, 9.17) is 23.7 Å². The van der Waals surface area contributed by atoms with Gasteiger partial charge < -0.3 is 39.4 Å². The lowest BCUT2D eigenvalue weighted by Gasteiger charge is -2.15. The van der Waals surface area contributed by atoms with Gasteiger partial charge in [-0.15, -0.1) is 0 Å². The molecular formula is C24H46N2O9. The number of carboxylic acids is 1. The standard InChI is InChI=1S/C24H46N2O9/c1-19(2)22(27)6-5-21(24(29)30)26-23(28)7-9-31-11-13-33-15-17-35-18-16-34-14-12-32-10-8-25-20(3)4/h19-21,25H,5-18H2,1-4H3,(H,26,28)(H,29,30). The van der Waals surface area contributed by atoms with Crippen molar-refractivity contribution in [3.05, 3.63) is 0 Å². The molecule has 0 aliphatic rings. The quantitative estimate of drug-likeness (QED) is 0.154. The first-order chi connectivity index (χ1) is 16.7. The second-order valence-electron chi connectivity index (χ2n) is 8.54. The molecule has 11 nitrogen and oxygen atoms in total. The van der Waals surface area contributed by atoms with E-state index < -0.39 is 17.9 Å². The van der Waals surface area contributed by atoms with Gasteiger partial charge in [0.2, 0.25) is 5.91 Å². The van der Waals surface area contributed by atoms with Crippen LogP contribution in [0.4, 0.5) is 0 Å². The Labute approximate surface area is 209 Å². The number of aliphatic carboxylic acids is 1. The van der Waals surface area contributed by atoms with Crippen molar-refractivity contribution in [3.63, 3.8) is 0 Å². The summed E-state index contributed by atoms with van der Waals surface area (Å²) < 4.78 is 27.0. The van der Waals surface area contributed by atoms with Gasteiger partial charge in [-0.25, -0.2) is 4.79 Å². The van der Waals surface area contributed by atoms with Crippen molar-refractivity contribution in [2.24, 2.45) is 5.92 Å². The van der Waals surface area contributed by atoms with E-state index in [9.17, 15) is 19.5 Å². The van der Waals surface area contributed by atoms with Gasteiger partial charge in [-0.2, -0.15) is 0 Å². The van der Waals surface area contributed by atoms with Gasteiger partial charge in [0.1, 0.15) is 11.8 Å². The van der Waals surface area contributed by atoms with E-state index in [0.717, 1.165) is 6.54 Å². The van der Waals surface area contributed by atoms with Crippen LogP contribution in [0, 0.1) is 5.92 Å². The molecule has 0 aromatic heterocycles. The van der Waals surface area contributed by atoms with Crippen LogP contribution < -0.4 is 10.6 Å². The summed E-state index contributed by atoms with van der Waals surface area (Å²) in [6, 6.07) is -0.619. The van der Waals surface area contributed by atoms with Crippen LogP contribution in [0.2, 0.25) is 0 Å². The lowest BCUT2D eigenvalue weighted by molar-refractivity contribution is -0.142. The molecule has 206 valence electrons.